The second-order valence-corrected chi connectivity index (χ2v) is 6.32. The van der Waals surface area contributed by atoms with E-state index in [9.17, 15) is 4.39 Å². The summed E-state index contributed by atoms with van der Waals surface area (Å²) in [4.78, 5) is 0. The van der Waals surface area contributed by atoms with Gasteiger partial charge in [0.2, 0.25) is 0 Å². The minimum Gasteiger partial charge on any atom is -0.205 e. The maximum atomic E-state index is 14.1. The highest BCUT2D eigenvalue weighted by Crippen LogP contribution is 2.34. The first-order valence-corrected chi connectivity index (χ1v) is 8.16. The van der Waals surface area contributed by atoms with Gasteiger partial charge in [0, 0.05) is 22.2 Å². The van der Waals surface area contributed by atoms with Crippen LogP contribution in [0.1, 0.15) is 11.1 Å². The van der Waals surface area contributed by atoms with Gasteiger partial charge in [-0.05, 0) is 35.7 Å². The van der Waals surface area contributed by atoms with Crippen molar-refractivity contribution >= 4 is 46.4 Å². The molecule has 21 heavy (non-hydrogen) atoms. The van der Waals surface area contributed by atoms with Crippen LogP contribution in [0.3, 0.4) is 0 Å². The largest absolute Gasteiger partial charge is 0.205 e. The van der Waals surface area contributed by atoms with Crippen LogP contribution >= 0.6 is 46.4 Å². The average Bonchev–Trinajstić information content (AvgIpc) is 2.50. The standard InChI is InChI=1S/C16H13Cl4F/c17-9-16(10-18,12-4-6-13(19)7-5-12)8-11-2-1-3-14(20)15(11)21/h1-7H,8-10H2. The van der Waals surface area contributed by atoms with E-state index in [-0.39, 0.29) is 16.8 Å². The Balaban J connectivity index is 2.43. The number of alkyl halides is 2. The lowest BCUT2D eigenvalue weighted by Crippen LogP contribution is -2.33. The number of halogens is 5. The zero-order valence-electron chi connectivity index (χ0n) is 11.1. The topological polar surface area (TPSA) is 0 Å². The Morgan fingerprint density at radius 3 is 2.10 bits per heavy atom. The van der Waals surface area contributed by atoms with Gasteiger partial charge in [0.25, 0.3) is 0 Å². The van der Waals surface area contributed by atoms with E-state index < -0.39 is 11.2 Å². The SMILES string of the molecule is Fc1c(Cl)cccc1CC(CCl)(CCl)c1ccc(Cl)cc1. The van der Waals surface area contributed by atoms with Crippen LogP contribution in [0.5, 0.6) is 0 Å². The normalized spacial score (nSPS) is 11.7. The van der Waals surface area contributed by atoms with Crippen molar-refractivity contribution in [2.45, 2.75) is 11.8 Å². The van der Waals surface area contributed by atoms with Gasteiger partial charge in [0.05, 0.1) is 5.02 Å². The smallest absolute Gasteiger partial charge is 0.145 e. The fourth-order valence-corrected chi connectivity index (χ4v) is 3.34. The quantitative estimate of drug-likeness (QED) is 0.562. The molecule has 0 saturated carbocycles. The van der Waals surface area contributed by atoms with Crippen molar-refractivity contribution < 1.29 is 4.39 Å². The van der Waals surface area contributed by atoms with Gasteiger partial charge in [-0.3, -0.25) is 0 Å². The first-order chi connectivity index (χ1) is 10.0. The molecule has 0 N–H and O–H groups in total. The molecule has 0 spiro atoms. The summed E-state index contributed by atoms with van der Waals surface area (Å²) in [5.74, 6) is 0.112. The highest BCUT2D eigenvalue weighted by atomic mass is 35.5. The molecule has 0 amide bonds. The molecule has 5 heteroatoms. The molecule has 0 aliphatic rings. The van der Waals surface area contributed by atoms with Gasteiger partial charge in [-0.15, -0.1) is 23.2 Å². The van der Waals surface area contributed by atoms with Crippen molar-refractivity contribution in [3.05, 3.63) is 69.5 Å². The van der Waals surface area contributed by atoms with Gasteiger partial charge in [-0.2, -0.15) is 0 Å². The Morgan fingerprint density at radius 1 is 0.905 bits per heavy atom. The van der Waals surface area contributed by atoms with Gasteiger partial charge >= 0.3 is 0 Å². The van der Waals surface area contributed by atoms with E-state index in [1.54, 1.807) is 24.3 Å². The van der Waals surface area contributed by atoms with Crippen LogP contribution in [0.25, 0.3) is 0 Å². The van der Waals surface area contributed by atoms with Gasteiger partial charge in [-0.1, -0.05) is 47.5 Å². The van der Waals surface area contributed by atoms with E-state index in [2.05, 4.69) is 0 Å². The predicted octanol–water partition coefficient (Wildman–Crippen LogP) is 6.09. The molecular formula is C16H13Cl4F. The maximum absolute atomic E-state index is 14.1. The molecule has 0 nitrogen and oxygen atoms in total. The van der Waals surface area contributed by atoms with Crippen molar-refractivity contribution in [2.24, 2.45) is 0 Å². The molecule has 0 saturated heterocycles. The highest BCUT2D eigenvalue weighted by molar-refractivity contribution is 6.31. The second-order valence-electron chi connectivity index (χ2n) is 4.94. The molecule has 0 radical (unpaired) electrons. The average molecular weight is 366 g/mol. The molecular weight excluding hydrogens is 353 g/mol. The van der Waals surface area contributed by atoms with Crippen LogP contribution in [-0.4, -0.2) is 11.8 Å². The first kappa shape index (κ1) is 16.9. The zero-order chi connectivity index (χ0) is 15.5. The Hall–Kier alpha value is -0.470. The fraction of sp³-hybridized carbons (Fsp3) is 0.250. The molecule has 112 valence electrons. The predicted molar refractivity (Wildman–Crippen MR) is 89.7 cm³/mol. The lowest BCUT2D eigenvalue weighted by molar-refractivity contribution is 0.512. The summed E-state index contributed by atoms with van der Waals surface area (Å²) in [6.45, 7) is 0. The molecule has 2 aromatic rings. The van der Waals surface area contributed by atoms with Gasteiger partial charge in [0.1, 0.15) is 5.82 Å². The second kappa shape index (κ2) is 7.19. The summed E-state index contributed by atoms with van der Waals surface area (Å²) in [7, 11) is 0. The van der Waals surface area contributed by atoms with E-state index in [4.69, 9.17) is 46.4 Å². The van der Waals surface area contributed by atoms with E-state index in [0.717, 1.165) is 5.56 Å². The third-order valence-corrected chi connectivity index (χ3v) is 5.10. The van der Waals surface area contributed by atoms with E-state index in [1.807, 2.05) is 12.1 Å². The first-order valence-electron chi connectivity index (χ1n) is 6.33. The molecule has 2 rings (SSSR count). The molecule has 0 atom stereocenters. The minimum atomic E-state index is -0.570. The van der Waals surface area contributed by atoms with E-state index in [1.165, 1.54) is 6.07 Å². The Kier molecular flexibility index (Phi) is 5.79. The van der Waals surface area contributed by atoms with Crippen LogP contribution in [-0.2, 0) is 11.8 Å². The number of benzene rings is 2. The van der Waals surface area contributed by atoms with E-state index >= 15 is 0 Å². The van der Waals surface area contributed by atoms with Crippen LogP contribution in [0.4, 0.5) is 4.39 Å². The zero-order valence-corrected chi connectivity index (χ0v) is 14.1. The van der Waals surface area contributed by atoms with Crippen molar-refractivity contribution in [3.63, 3.8) is 0 Å². The summed E-state index contributed by atoms with van der Waals surface area (Å²) in [5, 5.41) is 0.729. The summed E-state index contributed by atoms with van der Waals surface area (Å²) >= 11 is 24.1. The third kappa shape index (κ3) is 3.65. The van der Waals surface area contributed by atoms with Crippen LogP contribution in [0, 0.1) is 5.82 Å². The van der Waals surface area contributed by atoms with Crippen LogP contribution < -0.4 is 0 Å². The number of hydrogen-bond donors (Lipinski definition) is 0. The number of rotatable bonds is 5. The Labute approximate surface area is 143 Å². The Bertz CT molecular complexity index is 606. The molecule has 0 bridgehead atoms. The van der Waals surface area contributed by atoms with Crippen LogP contribution in [0.2, 0.25) is 10.0 Å². The molecule has 0 heterocycles. The number of hydrogen-bond acceptors (Lipinski definition) is 0. The van der Waals surface area contributed by atoms with Crippen LogP contribution in [0.15, 0.2) is 42.5 Å². The third-order valence-electron chi connectivity index (χ3n) is 3.53. The summed E-state index contributed by atoms with van der Waals surface area (Å²) in [6.07, 6.45) is 0.369. The van der Waals surface area contributed by atoms with E-state index in [0.29, 0.717) is 17.0 Å². The fourth-order valence-electron chi connectivity index (χ4n) is 2.24. The van der Waals surface area contributed by atoms with Crippen molar-refractivity contribution in [2.75, 3.05) is 11.8 Å². The monoisotopic (exact) mass is 364 g/mol. The van der Waals surface area contributed by atoms with Crippen molar-refractivity contribution in [1.82, 2.24) is 0 Å². The van der Waals surface area contributed by atoms with Gasteiger partial charge < -0.3 is 0 Å². The molecule has 0 aliphatic heterocycles. The molecule has 2 aromatic carbocycles. The summed E-state index contributed by atoms with van der Waals surface area (Å²) in [5.41, 5.74) is 0.856. The van der Waals surface area contributed by atoms with Crippen molar-refractivity contribution in [3.8, 4) is 0 Å². The molecule has 0 aromatic heterocycles. The highest BCUT2D eigenvalue weighted by Gasteiger charge is 2.32. The lowest BCUT2D eigenvalue weighted by Gasteiger charge is -2.30. The maximum Gasteiger partial charge on any atom is 0.145 e. The molecule has 0 aliphatic carbocycles. The minimum absolute atomic E-state index is 0.0988. The summed E-state index contributed by atoms with van der Waals surface area (Å²) < 4.78 is 14.1. The Morgan fingerprint density at radius 2 is 1.52 bits per heavy atom. The van der Waals surface area contributed by atoms with Gasteiger partial charge in [-0.25, -0.2) is 4.39 Å². The summed E-state index contributed by atoms with van der Waals surface area (Å²) in [6, 6.07) is 12.2. The molecule has 0 unspecified atom stereocenters. The van der Waals surface area contributed by atoms with Crippen molar-refractivity contribution in [1.29, 1.82) is 0 Å². The molecule has 0 fully saturated rings. The lowest BCUT2D eigenvalue weighted by atomic mass is 9.78. The van der Waals surface area contributed by atoms with Gasteiger partial charge in [0.15, 0.2) is 0 Å².